The lowest BCUT2D eigenvalue weighted by atomic mass is 9.63. The molecule has 0 N–H and O–H groups in total. The third-order valence-electron chi connectivity index (χ3n) is 10.5. The molecule has 54 heavy (non-hydrogen) atoms. The van der Waals surface area contributed by atoms with Crippen LogP contribution in [-0.2, 0) is 18.3 Å². The van der Waals surface area contributed by atoms with Gasteiger partial charge in [0, 0.05) is 11.3 Å². The van der Waals surface area contributed by atoms with Crippen molar-refractivity contribution in [1.82, 2.24) is 0 Å². The van der Waals surface area contributed by atoms with E-state index in [9.17, 15) is 13.2 Å². The van der Waals surface area contributed by atoms with Crippen LogP contribution in [0.25, 0.3) is 22.3 Å². The first-order valence-corrected chi connectivity index (χ1v) is 19.1. The molecule has 0 saturated carbocycles. The highest BCUT2D eigenvalue weighted by Gasteiger charge is 2.39. The summed E-state index contributed by atoms with van der Waals surface area (Å²) in [5, 5.41) is 0.105. The summed E-state index contributed by atoms with van der Waals surface area (Å²) < 4.78 is 50.3. The van der Waals surface area contributed by atoms with Crippen LogP contribution in [0.2, 0.25) is 5.02 Å². The summed E-state index contributed by atoms with van der Waals surface area (Å²) in [5.74, 6) is 0.517. The minimum atomic E-state index is -2.87. The first-order chi connectivity index (χ1) is 26.2. The van der Waals surface area contributed by atoms with E-state index in [0.29, 0.717) is 6.61 Å². The number of benzene rings is 6. The smallest absolute Gasteiger partial charge is 0.387 e. The molecule has 0 spiro atoms. The average Bonchev–Trinajstić information content (AvgIpc) is 3.19. The second kappa shape index (κ2) is 17.9. The monoisotopic (exact) mass is 746 g/mol. The molecule has 0 saturated heterocycles. The maximum absolute atomic E-state index is 14.3. The van der Waals surface area contributed by atoms with Gasteiger partial charge in [0.05, 0.1) is 11.6 Å². The minimum Gasteiger partial charge on any atom is -0.494 e. The van der Waals surface area contributed by atoms with E-state index in [2.05, 4.69) is 91.4 Å². The molecule has 0 aliphatic rings. The zero-order chi connectivity index (χ0) is 38.1. The number of alkyl halides is 2. The lowest BCUT2D eigenvalue weighted by Gasteiger charge is -2.40. The molecule has 0 radical (unpaired) electrons. The molecular weight excluding hydrogens is 701 g/mol. The van der Waals surface area contributed by atoms with E-state index in [1.165, 1.54) is 36.5 Å². The van der Waals surface area contributed by atoms with E-state index < -0.39 is 17.8 Å². The normalized spacial score (nSPS) is 13.0. The Bertz CT molecular complexity index is 2080. The Morgan fingerprint density at radius 2 is 1.13 bits per heavy atom. The predicted molar refractivity (Wildman–Crippen MR) is 216 cm³/mol. The van der Waals surface area contributed by atoms with Crippen LogP contribution in [0.3, 0.4) is 0 Å². The maximum Gasteiger partial charge on any atom is 0.387 e. The lowest BCUT2D eigenvalue weighted by Crippen LogP contribution is -2.33. The van der Waals surface area contributed by atoms with Crippen LogP contribution < -0.4 is 9.47 Å². The van der Waals surface area contributed by atoms with Crippen molar-refractivity contribution in [2.45, 2.75) is 70.8 Å². The van der Waals surface area contributed by atoms with Crippen molar-refractivity contribution in [2.24, 2.45) is 0 Å². The summed E-state index contributed by atoms with van der Waals surface area (Å²) in [7, 11) is 0. The van der Waals surface area contributed by atoms with Crippen LogP contribution in [0.1, 0.15) is 73.8 Å². The highest BCUT2D eigenvalue weighted by atomic mass is 35.5. The van der Waals surface area contributed by atoms with Gasteiger partial charge in [-0.25, -0.2) is 4.39 Å². The first kappa shape index (κ1) is 38.7. The molecular formula is C48H46ClF3O2. The van der Waals surface area contributed by atoms with Crippen molar-refractivity contribution in [3.8, 4) is 33.8 Å². The van der Waals surface area contributed by atoms with E-state index >= 15 is 0 Å². The van der Waals surface area contributed by atoms with E-state index in [1.807, 2.05) is 37.3 Å². The molecule has 6 aromatic carbocycles. The van der Waals surface area contributed by atoms with Crippen molar-refractivity contribution < 1.29 is 22.6 Å². The van der Waals surface area contributed by atoms with Crippen LogP contribution in [0.15, 0.2) is 140 Å². The molecule has 2 atom stereocenters. The van der Waals surface area contributed by atoms with Crippen LogP contribution in [-0.4, -0.2) is 13.2 Å². The second-order valence-electron chi connectivity index (χ2n) is 13.9. The Balaban J connectivity index is 1.42. The van der Waals surface area contributed by atoms with Crippen LogP contribution in [0.5, 0.6) is 11.5 Å². The van der Waals surface area contributed by atoms with Gasteiger partial charge in [0.2, 0.25) is 0 Å². The summed E-state index contributed by atoms with van der Waals surface area (Å²) in [6.07, 6.45) is 5.35. The molecule has 2 unspecified atom stereocenters. The van der Waals surface area contributed by atoms with Gasteiger partial charge in [-0.2, -0.15) is 8.78 Å². The number of aryl methyl sites for hydroxylation is 1. The Morgan fingerprint density at radius 1 is 0.611 bits per heavy atom. The van der Waals surface area contributed by atoms with Gasteiger partial charge in [-0.15, -0.1) is 0 Å². The van der Waals surface area contributed by atoms with E-state index in [1.54, 1.807) is 30.3 Å². The number of ether oxygens (including phenoxy) is 2. The van der Waals surface area contributed by atoms with Crippen LogP contribution >= 0.6 is 11.6 Å². The van der Waals surface area contributed by atoms with Gasteiger partial charge in [0.25, 0.3) is 0 Å². The maximum atomic E-state index is 14.3. The number of unbranched alkanes of at least 4 members (excludes halogenated alkanes) is 2. The molecule has 2 nitrogen and oxygen atoms in total. The SMILES string of the molecule is CCCCCc1ccc(C(Cc2ccc(-c3ccc(Cl)c(F)c3)cc2)C(C)(c2ccc(OCC)cc2)c2ccc(-c3ccc(OC(F)F)cc3)cc2)cc1. The van der Waals surface area contributed by atoms with Crippen molar-refractivity contribution in [2.75, 3.05) is 6.61 Å². The number of hydrogen-bond acceptors (Lipinski definition) is 2. The van der Waals surface area contributed by atoms with Crippen molar-refractivity contribution in [1.29, 1.82) is 0 Å². The Kier molecular flexibility index (Phi) is 12.8. The van der Waals surface area contributed by atoms with Gasteiger partial charge in [-0.3, -0.25) is 0 Å². The Labute approximate surface area is 322 Å². The molecule has 0 bridgehead atoms. The summed E-state index contributed by atoms with van der Waals surface area (Å²) >= 11 is 5.97. The average molecular weight is 747 g/mol. The zero-order valence-corrected chi connectivity index (χ0v) is 31.8. The zero-order valence-electron chi connectivity index (χ0n) is 31.0. The predicted octanol–water partition coefficient (Wildman–Crippen LogP) is 13.9. The highest BCUT2D eigenvalue weighted by molar-refractivity contribution is 6.30. The third kappa shape index (κ3) is 9.19. The summed E-state index contributed by atoms with van der Waals surface area (Å²) in [6.45, 7) is 4.24. The van der Waals surface area contributed by atoms with Gasteiger partial charge in [-0.1, -0.05) is 141 Å². The molecule has 6 aromatic rings. The quantitative estimate of drug-likeness (QED) is 0.0918. The fourth-order valence-corrected chi connectivity index (χ4v) is 7.48. The summed E-state index contributed by atoms with van der Waals surface area (Å²) in [4.78, 5) is 0. The van der Waals surface area contributed by atoms with E-state index in [-0.39, 0.29) is 16.7 Å². The van der Waals surface area contributed by atoms with Gasteiger partial charge in [-0.05, 0) is 113 Å². The number of halogens is 4. The third-order valence-corrected chi connectivity index (χ3v) is 10.8. The van der Waals surface area contributed by atoms with Crippen LogP contribution in [0.4, 0.5) is 13.2 Å². The summed E-state index contributed by atoms with van der Waals surface area (Å²) in [5.41, 5.74) is 9.08. The fraction of sp³-hybridized carbons (Fsp3) is 0.250. The molecule has 0 aliphatic heterocycles. The number of hydrogen-bond donors (Lipinski definition) is 0. The standard InChI is InChI=1S/C48H46ClF3O2/c1-4-6-7-8-33-9-15-38(16-10-33)44(31-34-11-13-37(14-12-34)39-21-30-45(49)46(50)32-39)48(3,41-24-28-42(29-25-41)53-5-2)40-22-17-35(18-23-40)36-19-26-43(27-20-36)54-47(51)52/h9-30,32,44,47H,4-8,31H2,1-3H3. The van der Waals surface area contributed by atoms with Gasteiger partial charge in [0.1, 0.15) is 17.3 Å². The molecule has 0 aliphatic carbocycles. The lowest BCUT2D eigenvalue weighted by molar-refractivity contribution is -0.0498. The molecule has 6 rings (SSSR count). The molecule has 0 aromatic heterocycles. The fourth-order valence-electron chi connectivity index (χ4n) is 7.37. The largest absolute Gasteiger partial charge is 0.494 e. The first-order valence-electron chi connectivity index (χ1n) is 18.7. The number of rotatable bonds is 16. The Hall–Kier alpha value is -5.00. The van der Waals surface area contributed by atoms with Gasteiger partial charge < -0.3 is 9.47 Å². The van der Waals surface area contributed by atoms with E-state index in [0.717, 1.165) is 57.5 Å². The molecule has 6 heteroatoms. The van der Waals surface area contributed by atoms with Gasteiger partial charge in [0.15, 0.2) is 0 Å². The van der Waals surface area contributed by atoms with Crippen molar-refractivity contribution >= 4 is 11.6 Å². The van der Waals surface area contributed by atoms with E-state index in [4.69, 9.17) is 16.3 Å². The van der Waals surface area contributed by atoms with Crippen molar-refractivity contribution in [3.63, 3.8) is 0 Å². The van der Waals surface area contributed by atoms with Gasteiger partial charge >= 0.3 is 6.61 Å². The summed E-state index contributed by atoms with van der Waals surface area (Å²) in [6, 6.07) is 46.1. The Morgan fingerprint density at radius 3 is 1.70 bits per heavy atom. The molecule has 0 heterocycles. The molecule has 0 amide bonds. The second-order valence-corrected chi connectivity index (χ2v) is 14.3. The van der Waals surface area contributed by atoms with Crippen molar-refractivity contribution in [3.05, 3.63) is 178 Å². The van der Waals surface area contributed by atoms with Crippen LogP contribution in [0, 0.1) is 5.82 Å². The molecule has 0 fully saturated rings. The highest BCUT2D eigenvalue weighted by Crippen LogP contribution is 2.47. The minimum absolute atomic E-state index is 0.00981. The topological polar surface area (TPSA) is 18.5 Å². The molecule has 278 valence electrons.